The highest BCUT2D eigenvalue weighted by Crippen LogP contribution is 2.43. The smallest absolute Gasteiger partial charge is 0.457 e. The maximum atomic E-state index is 12.7. The molecule has 0 aromatic heterocycles. The second-order valence-corrected chi connectivity index (χ2v) is 17.5. The molecule has 0 saturated heterocycles. The van der Waals surface area contributed by atoms with E-state index in [9.17, 15) is 19.4 Å². The molecule has 0 spiro atoms. The number of rotatable bonds is 46. The number of aliphatic hydroxyl groups is 2. The van der Waals surface area contributed by atoms with Gasteiger partial charge in [0.15, 0.2) is 0 Å². The number of carbonyl (C=O) groups is 1. The van der Waals surface area contributed by atoms with E-state index in [1.165, 1.54) is 109 Å². The lowest BCUT2D eigenvalue weighted by Gasteiger charge is -2.20. The average molecular weight is 867 g/mol. The van der Waals surface area contributed by atoms with Crippen molar-refractivity contribution in [3.05, 3.63) is 60.8 Å². The summed E-state index contributed by atoms with van der Waals surface area (Å²) in [6, 6.07) is 0. The van der Waals surface area contributed by atoms with Gasteiger partial charge in [-0.3, -0.25) is 13.8 Å². The molecule has 350 valence electrons. The van der Waals surface area contributed by atoms with E-state index in [2.05, 4.69) is 74.6 Å². The number of aliphatic hydroxyl groups excluding tert-OH is 2. The summed E-state index contributed by atoms with van der Waals surface area (Å²) < 4.78 is 33.5. The molecule has 0 bridgehead atoms. The van der Waals surface area contributed by atoms with E-state index in [1.807, 2.05) is 0 Å². The number of hydrogen-bond acceptors (Lipinski definition) is 8. The number of hydrogen-bond donors (Lipinski definition) is 3. The number of phosphoric acid groups is 1. The van der Waals surface area contributed by atoms with Crippen molar-refractivity contribution in [3.8, 4) is 0 Å². The monoisotopic (exact) mass is 867 g/mol. The van der Waals surface area contributed by atoms with Crippen LogP contribution in [0.3, 0.4) is 0 Å². The molecule has 0 radical (unpaired) electrons. The highest BCUT2D eigenvalue weighted by molar-refractivity contribution is 7.47. The standard InChI is InChI=1S/C50H91O9P/c1-3-5-7-9-11-13-15-17-19-21-23-24-25-26-28-30-32-34-36-38-40-42-50(53)59-49(47-58-60(54,55)57-45-48(52)44-51)46-56-43-41-39-37-35-33-31-29-27-22-20-18-16-14-12-10-8-6-4-2/h5,7,11,13,17-20,23-24,48-49,51-52H,3-4,6,8-10,12,14-16,21-22,25-47H2,1-2H3,(H,54,55)/b7-5-,13-11-,19-17-,20-18-,24-23-. The number of carbonyl (C=O) groups excluding carboxylic acids is 1. The van der Waals surface area contributed by atoms with Crippen LogP contribution in [0.15, 0.2) is 60.8 Å². The SMILES string of the molecule is CC/C=C\C/C=C\C/C=C\C/C=C\CCCCCCCCCCC(=O)OC(COCCCCCCCCCC/C=C\CCCCCCCC)COP(=O)(O)OCC(O)CO. The minimum atomic E-state index is -4.53. The summed E-state index contributed by atoms with van der Waals surface area (Å²) in [5.41, 5.74) is 0. The number of unbranched alkanes of at least 4 members (excludes halogenated alkanes) is 22. The Morgan fingerprint density at radius 3 is 1.45 bits per heavy atom. The lowest BCUT2D eigenvalue weighted by Crippen LogP contribution is -2.29. The van der Waals surface area contributed by atoms with Crippen LogP contribution in [0.4, 0.5) is 0 Å². The summed E-state index contributed by atoms with van der Waals surface area (Å²) in [7, 11) is -4.53. The Morgan fingerprint density at radius 2 is 0.950 bits per heavy atom. The Kier molecular flexibility index (Phi) is 45.2. The maximum absolute atomic E-state index is 12.7. The van der Waals surface area contributed by atoms with Crippen LogP contribution >= 0.6 is 7.82 Å². The van der Waals surface area contributed by atoms with Gasteiger partial charge in [0.25, 0.3) is 0 Å². The molecule has 0 aliphatic carbocycles. The van der Waals surface area contributed by atoms with Gasteiger partial charge in [0, 0.05) is 13.0 Å². The second kappa shape index (κ2) is 46.7. The third-order valence-corrected chi connectivity index (χ3v) is 11.1. The number of phosphoric ester groups is 1. The molecule has 10 heteroatoms. The van der Waals surface area contributed by atoms with Gasteiger partial charge in [0.05, 0.1) is 26.4 Å². The summed E-state index contributed by atoms with van der Waals surface area (Å²) >= 11 is 0. The zero-order valence-electron chi connectivity index (χ0n) is 38.4. The Balaban J connectivity index is 4.13. The number of esters is 1. The fraction of sp³-hybridized carbons (Fsp3) is 0.780. The summed E-state index contributed by atoms with van der Waals surface area (Å²) in [6.07, 6.45) is 54.6. The largest absolute Gasteiger partial charge is 0.472 e. The van der Waals surface area contributed by atoms with Crippen LogP contribution in [0.25, 0.3) is 0 Å². The van der Waals surface area contributed by atoms with E-state index in [-0.39, 0.29) is 19.6 Å². The molecule has 3 atom stereocenters. The minimum absolute atomic E-state index is 0.0424. The van der Waals surface area contributed by atoms with Crippen molar-refractivity contribution in [2.24, 2.45) is 0 Å². The van der Waals surface area contributed by atoms with Gasteiger partial charge >= 0.3 is 13.8 Å². The fourth-order valence-electron chi connectivity index (χ4n) is 6.52. The van der Waals surface area contributed by atoms with Crippen molar-refractivity contribution in [2.45, 2.75) is 219 Å². The van der Waals surface area contributed by atoms with E-state index in [1.54, 1.807) is 0 Å². The molecule has 0 amide bonds. The molecule has 3 N–H and O–H groups in total. The zero-order chi connectivity index (χ0) is 43.9. The van der Waals surface area contributed by atoms with Gasteiger partial charge in [-0.15, -0.1) is 0 Å². The Bertz CT molecular complexity index is 1120. The third kappa shape index (κ3) is 45.7. The predicted molar refractivity (Wildman–Crippen MR) is 251 cm³/mol. The minimum Gasteiger partial charge on any atom is -0.457 e. The molecule has 0 saturated carbocycles. The molecular formula is C50H91O9P. The van der Waals surface area contributed by atoms with Crippen molar-refractivity contribution >= 4 is 13.8 Å². The van der Waals surface area contributed by atoms with Gasteiger partial charge in [-0.05, 0) is 77.0 Å². The van der Waals surface area contributed by atoms with Crippen molar-refractivity contribution < 1.29 is 43.0 Å². The summed E-state index contributed by atoms with van der Waals surface area (Å²) in [4.78, 5) is 22.7. The molecule has 0 rings (SSSR count). The first-order chi connectivity index (χ1) is 29.3. The molecule has 9 nitrogen and oxygen atoms in total. The van der Waals surface area contributed by atoms with Crippen LogP contribution < -0.4 is 0 Å². The Hall–Kier alpha value is -1.84. The van der Waals surface area contributed by atoms with Gasteiger partial charge in [0.2, 0.25) is 0 Å². The first kappa shape index (κ1) is 58.2. The summed E-state index contributed by atoms with van der Waals surface area (Å²) in [5.74, 6) is -0.392. The topological polar surface area (TPSA) is 132 Å². The predicted octanol–water partition coefficient (Wildman–Crippen LogP) is 13.9. The van der Waals surface area contributed by atoms with E-state index < -0.39 is 39.2 Å². The van der Waals surface area contributed by atoms with Gasteiger partial charge in [-0.25, -0.2) is 4.57 Å². The first-order valence-electron chi connectivity index (χ1n) is 24.3. The van der Waals surface area contributed by atoms with Crippen molar-refractivity contribution in [1.82, 2.24) is 0 Å². The fourth-order valence-corrected chi connectivity index (χ4v) is 7.31. The Labute approximate surface area is 368 Å². The molecule has 0 aliphatic rings. The molecule has 0 aromatic rings. The van der Waals surface area contributed by atoms with Gasteiger partial charge in [0.1, 0.15) is 12.2 Å². The van der Waals surface area contributed by atoms with Crippen LogP contribution in [0.1, 0.15) is 206 Å². The van der Waals surface area contributed by atoms with Gasteiger partial charge < -0.3 is 24.6 Å². The highest BCUT2D eigenvalue weighted by atomic mass is 31.2. The van der Waals surface area contributed by atoms with Crippen LogP contribution in [-0.4, -0.2) is 66.3 Å². The van der Waals surface area contributed by atoms with Crippen molar-refractivity contribution in [3.63, 3.8) is 0 Å². The maximum Gasteiger partial charge on any atom is 0.472 e. The molecule has 0 heterocycles. The quantitative estimate of drug-likeness (QED) is 0.0237. The average Bonchev–Trinajstić information content (AvgIpc) is 3.24. The molecule has 60 heavy (non-hydrogen) atoms. The van der Waals surface area contributed by atoms with E-state index in [4.69, 9.17) is 23.6 Å². The van der Waals surface area contributed by atoms with Gasteiger partial charge in [-0.2, -0.15) is 0 Å². The third-order valence-electron chi connectivity index (χ3n) is 10.2. The first-order valence-corrected chi connectivity index (χ1v) is 25.8. The normalized spacial score (nSPS) is 14.4. The van der Waals surface area contributed by atoms with E-state index in [0.29, 0.717) is 6.61 Å². The van der Waals surface area contributed by atoms with Crippen molar-refractivity contribution in [1.29, 1.82) is 0 Å². The van der Waals surface area contributed by atoms with E-state index >= 15 is 0 Å². The number of allylic oxidation sites excluding steroid dienone is 10. The highest BCUT2D eigenvalue weighted by Gasteiger charge is 2.26. The molecule has 0 fully saturated rings. The Morgan fingerprint density at radius 1 is 0.533 bits per heavy atom. The van der Waals surface area contributed by atoms with E-state index in [0.717, 1.165) is 77.0 Å². The lowest BCUT2D eigenvalue weighted by molar-refractivity contribution is -0.154. The van der Waals surface area contributed by atoms with Crippen LogP contribution in [0, 0.1) is 0 Å². The van der Waals surface area contributed by atoms with Crippen molar-refractivity contribution in [2.75, 3.05) is 33.0 Å². The van der Waals surface area contributed by atoms with Crippen LogP contribution in [0.5, 0.6) is 0 Å². The lowest BCUT2D eigenvalue weighted by atomic mass is 10.1. The molecule has 0 aromatic carbocycles. The van der Waals surface area contributed by atoms with Crippen LogP contribution in [0.2, 0.25) is 0 Å². The molecular weight excluding hydrogens is 776 g/mol. The number of ether oxygens (including phenoxy) is 2. The molecule has 3 unspecified atom stereocenters. The van der Waals surface area contributed by atoms with Crippen LogP contribution in [-0.2, 0) is 27.9 Å². The van der Waals surface area contributed by atoms with Gasteiger partial charge in [-0.1, -0.05) is 184 Å². The zero-order valence-corrected chi connectivity index (χ0v) is 39.3. The molecule has 0 aliphatic heterocycles. The summed E-state index contributed by atoms with van der Waals surface area (Å²) in [5, 5.41) is 18.4. The second-order valence-electron chi connectivity index (χ2n) is 16.1. The summed E-state index contributed by atoms with van der Waals surface area (Å²) in [6.45, 7) is 3.40.